The fourth-order valence-electron chi connectivity index (χ4n) is 2.68. The van der Waals surface area contributed by atoms with Gasteiger partial charge in [0, 0.05) is 12.6 Å². The summed E-state index contributed by atoms with van der Waals surface area (Å²) >= 11 is 6.08. The number of carboxylic acid groups (broad SMARTS) is 1. The zero-order valence-corrected chi connectivity index (χ0v) is 13.5. The summed E-state index contributed by atoms with van der Waals surface area (Å²) in [7, 11) is 0. The number of hydrogen-bond acceptors (Lipinski definition) is 3. The van der Waals surface area contributed by atoms with Crippen LogP contribution in [0.5, 0.6) is 0 Å². The topological polar surface area (TPSA) is 67.5 Å². The largest absolute Gasteiger partial charge is 0.478 e. The Morgan fingerprint density at radius 1 is 1.43 bits per heavy atom. The normalized spacial score (nSPS) is 13.6. The van der Waals surface area contributed by atoms with E-state index in [4.69, 9.17) is 16.7 Å². The Labute approximate surface area is 129 Å². The van der Waals surface area contributed by atoms with Crippen LogP contribution < -0.4 is 0 Å². The standard InChI is InChI=1S/C15H20ClN3O2/c1-9(7-15(2,3)4)5-12-17-18-13-11(16)6-10(14(20)21)8-19(12)13/h6,8-9H,5,7H2,1-4H3,(H,20,21). The Kier molecular flexibility index (Phi) is 4.23. The lowest BCUT2D eigenvalue weighted by molar-refractivity contribution is 0.0696. The first-order valence-corrected chi connectivity index (χ1v) is 7.31. The molecule has 0 aromatic carbocycles. The summed E-state index contributed by atoms with van der Waals surface area (Å²) < 4.78 is 1.69. The number of aromatic carboxylic acids is 1. The van der Waals surface area contributed by atoms with Crippen LogP contribution in [0.1, 0.15) is 50.3 Å². The van der Waals surface area contributed by atoms with Crippen LogP contribution in [0.2, 0.25) is 5.02 Å². The second-order valence-corrected chi connectivity index (χ2v) is 7.17. The minimum absolute atomic E-state index is 0.136. The Bertz CT molecular complexity index is 673. The van der Waals surface area contributed by atoms with Crippen LogP contribution in [0.4, 0.5) is 0 Å². The maximum Gasteiger partial charge on any atom is 0.337 e. The van der Waals surface area contributed by atoms with Gasteiger partial charge in [-0.2, -0.15) is 0 Å². The Morgan fingerprint density at radius 2 is 2.10 bits per heavy atom. The molecule has 0 bridgehead atoms. The van der Waals surface area contributed by atoms with Gasteiger partial charge >= 0.3 is 5.97 Å². The Balaban J connectivity index is 2.34. The molecule has 0 saturated heterocycles. The fourth-order valence-corrected chi connectivity index (χ4v) is 2.93. The van der Waals surface area contributed by atoms with Gasteiger partial charge in [-0.05, 0) is 23.8 Å². The lowest BCUT2D eigenvalue weighted by atomic mass is 9.84. The van der Waals surface area contributed by atoms with Gasteiger partial charge in [0.05, 0.1) is 10.6 Å². The van der Waals surface area contributed by atoms with Crippen molar-refractivity contribution in [3.63, 3.8) is 0 Å². The molecule has 0 aliphatic carbocycles. The molecule has 1 N–H and O–H groups in total. The van der Waals surface area contributed by atoms with E-state index in [-0.39, 0.29) is 11.0 Å². The van der Waals surface area contributed by atoms with Gasteiger partial charge < -0.3 is 5.11 Å². The third-order valence-electron chi connectivity index (χ3n) is 3.27. The molecule has 2 rings (SSSR count). The molecule has 21 heavy (non-hydrogen) atoms. The molecule has 2 heterocycles. The molecular weight excluding hydrogens is 290 g/mol. The number of rotatable bonds is 4. The highest BCUT2D eigenvalue weighted by atomic mass is 35.5. The molecule has 0 amide bonds. The van der Waals surface area contributed by atoms with Crippen molar-refractivity contribution < 1.29 is 9.90 Å². The van der Waals surface area contributed by atoms with E-state index in [2.05, 4.69) is 37.9 Å². The predicted molar refractivity (Wildman–Crippen MR) is 81.9 cm³/mol. The molecular formula is C15H20ClN3O2. The molecule has 1 unspecified atom stereocenters. The van der Waals surface area contributed by atoms with Crippen LogP contribution in [-0.2, 0) is 6.42 Å². The number of fused-ring (bicyclic) bond motifs is 1. The first kappa shape index (κ1) is 15.8. The van der Waals surface area contributed by atoms with E-state index in [1.165, 1.54) is 12.3 Å². The van der Waals surface area contributed by atoms with Gasteiger partial charge in [-0.15, -0.1) is 10.2 Å². The van der Waals surface area contributed by atoms with Crippen LogP contribution in [0.15, 0.2) is 12.3 Å². The molecule has 0 spiro atoms. The van der Waals surface area contributed by atoms with Gasteiger partial charge in [0.2, 0.25) is 0 Å². The summed E-state index contributed by atoms with van der Waals surface area (Å²) in [6, 6.07) is 1.40. The smallest absolute Gasteiger partial charge is 0.337 e. The average Bonchev–Trinajstić information content (AvgIpc) is 2.70. The van der Waals surface area contributed by atoms with E-state index in [0.29, 0.717) is 16.6 Å². The zero-order valence-electron chi connectivity index (χ0n) is 12.7. The zero-order chi connectivity index (χ0) is 15.8. The SMILES string of the molecule is CC(Cc1nnc2c(Cl)cc(C(=O)O)cn12)CC(C)(C)C. The molecule has 1 atom stereocenters. The first-order chi connectivity index (χ1) is 9.67. The third-order valence-corrected chi connectivity index (χ3v) is 3.55. The third kappa shape index (κ3) is 3.73. The van der Waals surface area contributed by atoms with Crippen molar-refractivity contribution in [3.05, 3.63) is 28.7 Å². The molecule has 0 radical (unpaired) electrons. The number of aromatic nitrogens is 3. The van der Waals surface area contributed by atoms with Crippen LogP contribution in [-0.4, -0.2) is 25.7 Å². The second-order valence-electron chi connectivity index (χ2n) is 6.77. The minimum atomic E-state index is -1.01. The molecule has 0 saturated carbocycles. The van der Waals surface area contributed by atoms with Crippen molar-refractivity contribution in [2.75, 3.05) is 0 Å². The Morgan fingerprint density at radius 3 is 2.67 bits per heavy atom. The van der Waals surface area contributed by atoms with Gasteiger partial charge in [-0.3, -0.25) is 4.40 Å². The molecule has 0 aliphatic heterocycles. The molecule has 114 valence electrons. The van der Waals surface area contributed by atoms with Crippen molar-refractivity contribution >= 4 is 23.2 Å². The van der Waals surface area contributed by atoms with Crippen LogP contribution in [0.3, 0.4) is 0 Å². The molecule has 5 nitrogen and oxygen atoms in total. The summed E-state index contributed by atoms with van der Waals surface area (Å²) in [6.07, 6.45) is 3.31. The van der Waals surface area contributed by atoms with Gasteiger partial charge in [0.25, 0.3) is 0 Å². The summed E-state index contributed by atoms with van der Waals surface area (Å²) in [5, 5.41) is 17.6. The predicted octanol–water partition coefficient (Wildman–Crippen LogP) is 3.70. The maximum atomic E-state index is 11.1. The van der Waals surface area contributed by atoms with Gasteiger partial charge in [0.15, 0.2) is 5.65 Å². The summed E-state index contributed by atoms with van der Waals surface area (Å²) in [5.74, 6) is 0.151. The van der Waals surface area contributed by atoms with Gasteiger partial charge in [-0.1, -0.05) is 39.3 Å². The van der Waals surface area contributed by atoms with E-state index in [1.807, 2.05) is 0 Å². The monoisotopic (exact) mass is 309 g/mol. The van der Waals surface area contributed by atoms with Crippen LogP contribution in [0.25, 0.3) is 5.65 Å². The number of hydrogen-bond donors (Lipinski definition) is 1. The van der Waals surface area contributed by atoms with Crippen molar-refractivity contribution in [2.45, 2.75) is 40.5 Å². The lowest BCUT2D eigenvalue weighted by Crippen LogP contribution is -2.14. The molecule has 6 heteroatoms. The minimum Gasteiger partial charge on any atom is -0.478 e. The van der Waals surface area contributed by atoms with E-state index in [0.717, 1.165) is 18.7 Å². The highest BCUT2D eigenvalue weighted by Crippen LogP contribution is 2.27. The van der Waals surface area contributed by atoms with Crippen molar-refractivity contribution in [1.29, 1.82) is 0 Å². The fraction of sp³-hybridized carbons (Fsp3) is 0.533. The number of pyridine rings is 1. The summed E-state index contributed by atoms with van der Waals surface area (Å²) in [5.41, 5.74) is 0.876. The quantitative estimate of drug-likeness (QED) is 0.935. The number of nitrogens with zero attached hydrogens (tertiary/aromatic N) is 3. The van der Waals surface area contributed by atoms with Gasteiger partial charge in [0.1, 0.15) is 5.82 Å². The lowest BCUT2D eigenvalue weighted by Gasteiger charge is -2.22. The van der Waals surface area contributed by atoms with Crippen molar-refractivity contribution in [2.24, 2.45) is 11.3 Å². The maximum absolute atomic E-state index is 11.1. The molecule has 2 aromatic heterocycles. The molecule has 2 aromatic rings. The number of carbonyl (C=O) groups is 1. The van der Waals surface area contributed by atoms with Crippen molar-refractivity contribution in [1.82, 2.24) is 14.6 Å². The summed E-state index contributed by atoms with van der Waals surface area (Å²) in [6.45, 7) is 8.76. The highest BCUT2D eigenvalue weighted by Gasteiger charge is 2.19. The van der Waals surface area contributed by atoms with E-state index >= 15 is 0 Å². The molecule has 0 fully saturated rings. The van der Waals surface area contributed by atoms with E-state index in [1.54, 1.807) is 4.40 Å². The number of carboxylic acids is 1. The molecule has 0 aliphatic rings. The summed E-state index contributed by atoms with van der Waals surface area (Å²) in [4.78, 5) is 11.1. The first-order valence-electron chi connectivity index (χ1n) is 6.94. The average molecular weight is 310 g/mol. The highest BCUT2D eigenvalue weighted by molar-refractivity contribution is 6.33. The van der Waals surface area contributed by atoms with E-state index in [9.17, 15) is 4.79 Å². The van der Waals surface area contributed by atoms with Crippen LogP contribution >= 0.6 is 11.6 Å². The van der Waals surface area contributed by atoms with E-state index < -0.39 is 5.97 Å². The van der Waals surface area contributed by atoms with Crippen molar-refractivity contribution in [3.8, 4) is 0 Å². The van der Waals surface area contributed by atoms with Crippen LogP contribution in [0, 0.1) is 11.3 Å². The second kappa shape index (κ2) is 5.64. The van der Waals surface area contributed by atoms with Gasteiger partial charge in [-0.25, -0.2) is 4.79 Å². The Hall–Kier alpha value is -1.62. The number of halogens is 1.